The lowest BCUT2D eigenvalue weighted by Crippen LogP contribution is -2.32. The van der Waals surface area contributed by atoms with E-state index in [1.807, 2.05) is 0 Å². The van der Waals surface area contributed by atoms with E-state index < -0.39 is 23.1 Å². The minimum Gasteiger partial charge on any atom is -0.545 e. The second kappa shape index (κ2) is 5.61. The number of carbonyl (C=O) groups excluding carboxylic acids is 3. The number of carboxylic acids is 2. The van der Waals surface area contributed by atoms with Crippen molar-refractivity contribution in [1.82, 2.24) is 0 Å². The van der Waals surface area contributed by atoms with Crippen LogP contribution in [0.25, 0.3) is 0 Å². The molecule has 1 fully saturated rings. The first-order valence-corrected chi connectivity index (χ1v) is 5.58. The van der Waals surface area contributed by atoms with Crippen LogP contribution in [-0.2, 0) is 14.4 Å². The zero-order chi connectivity index (χ0) is 13.0. The molecule has 0 aromatic rings. The van der Waals surface area contributed by atoms with Crippen LogP contribution in [0, 0.1) is 5.92 Å². The molecule has 0 aromatic heterocycles. The maximum Gasteiger partial charge on any atom is 0.140 e. The fraction of sp³-hybridized carbons (Fsp3) is 0.583. The van der Waals surface area contributed by atoms with Gasteiger partial charge in [-0.2, -0.15) is 0 Å². The quantitative estimate of drug-likeness (QED) is 0.569. The van der Waals surface area contributed by atoms with Gasteiger partial charge in [0.1, 0.15) is 5.78 Å². The summed E-state index contributed by atoms with van der Waals surface area (Å²) in [5.41, 5.74) is -0.904. The van der Waals surface area contributed by atoms with Crippen molar-refractivity contribution in [3.8, 4) is 0 Å². The number of hydrogen-bond donors (Lipinski definition) is 0. The molecule has 0 unspecified atom stereocenters. The standard InChI is InChI=1S/C12H16O5/c1-7(11(14)15)9(12(16)17)6-10(13)8-4-2-3-5-8/h8H,2-6H2,1H3,(H,14,15)(H,16,17)/p-2/b9-7+. The SMILES string of the molecule is C/C(C(=O)[O-])=C(/CC(=O)C1CCCC1)C(=O)[O-]. The molecule has 1 aliphatic rings. The van der Waals surface area contributed by atoms with E-state index in [-0.39, 0.29) is 18.1 Å². The fourth-order valence-corrected chi connectivity index (χ4v) is 2.05. The van der Waals surface area contributed by atoms with Gasteiger partial charge < -0.3 is 19.8 Å². The lowest BCUT2D eigenvalue weighted by atomic mass is 9.94. The van der Waals surface area contributed by atoms with E-state index in [4.69, 9.17) is 0 Å². The normalized spacial score (nSPS) is 17.7. The first-order chi connectivity index (χ1) is 7.93. The van der Waals surface area contributed by atoms with Crippen molar-refractivity contribution in [2.75, 3.05) is 0 Å². The second-order valence-corrected chi connectivity index (χ2v) is 4.30. The molecule has 0 radical (unpaired) electrons. The Bertz CT molecular complexity index is 374. The molecule has 0 amide bonds. The highest BCUT2D eigenvalue weighted by Gasteiger charge is 2.24. The van der Waals surface area contributed by atoms with Crippen LogP contribution < -0.4 is 10.2 Å². The average Bonchev–Trinajstić information content (AvgIpc) is 2.77. The lowest BCUT2D eigenvalue weighted by molar-refractivity contribution is -0.304. The van der Waals surface area contributed by atoms with Crippen LogP contribution in [0.2, 0.25) is 0 Å². The van der Waals surface area contributed by atoms with Gasteiger partial charge in [0.2, 0.25) is 0 Å². The van der Waals surface area contributed by atoms with Crippen LogP contribution in [0.15, 0.2) is 11.1 Å². The largest absolute Gasteiger partial charge is 0.545 e. The summed E-state index contributed by atoms with van der Waals surface area (Å²) in [5.74, 6) is -3.55. The third-order valence-corrected chi connectivity index (χ3v) is 3.17. The highest BCUT2D eigenvalue weighted by molar-refractivity contribution is 6.01. The molecule has 0 N–H and O–H groups in total. The van der Waals surface area contributed by atoms with Crippen LogP contribution in [0.1, 0.15) is 39.0 Å². The predicted molar refractivity (Wildman–Crippen MR) is 54.3 cm³/mol. The number of carboxylic acid groups (broad SMARTS) is 2. The van der Waals surface area contributed by atoms with Gasteiger partial charge in [0.25, 0.3) is 0 Å². The van der Waals surface area contributed by atoms with Gasteiger partial charge in [-0.15, -0.1) is 0 Å². The Morgan fingerprint density at radius 1 is 1.06 bits per heavy atom. The first-order valence-electron chi connectivity index (χ1n) is 5.58. The van der Waals surface area contributed by atoms with Crippen molar-refractivity contribution < 1.29 is 24.6 Å². The van der Waals surface area contributed by atoms with Crippen LogP contribution in [0.4, 0.5) is 0 Å². The first kappa shape index (κ1) is 13.4. The summed E-state index contributed by atoms with van der Waals surface area (Å²) >= 11 is 0. The Morgan fingerprint density at radius 2 is 1.59 bits per heavy atom. The zero-order valence-corrected chi connectivity index (χ0v) is 9.65. The molecule has 5 heteroatoms. The molecular formula is C12H14O5-2. The van der Waals surface area contributed by atoms with Gasteiger partial charge in [-0.05, 0) is 30.9 Å². The second-order valence-electron chi connectivity index (χ2n) is 4.30. The minimum atomic E-state index is -1.61. The lowest BCUT2D eigenvalue weighted by Gasteiger charge is -2.15. The van der Waals surface area contributed by atoms with Gasteiger partial charge in [-0.3, -0.25) is 4.79 Å². The van der Waals surface area contributed by atoms with Gasteiger partial charge in [0.15, 0.2) is 0 Å². The summed E-state index contributed by atoms with van der Waals surface area (Å²) in [6.45, 7) is 1.11. The number of Topliss-reactive ketones (excluding diaryl/α,β-unsaturated/α-hetero) is 1. The van der Waals surface area contributed by atoms with Crippen molar-refractivity contribution in [2.45, 2.75) is 39.0 Å². The number of ketones is 1. The molecule has 5 nitrogen and oxygen atoms in total. The molecule has 0 spiro atoms. The third kappa shape index (κ3) is 3.41. The van der Waals surface area contributed by atoms with Gasteiger partial charge in [0.05, 0.1) is 11.9 Å². The molecule has 0 aliphatic heterocycles. The van der Waals surface area contributed by atoms with E-state index in [2.05, 4.69) is 0 Å². The Kier molecular flexibility index (Phi) is 4.43. The average molecular weight is 238 g/mol. The monoisotopic (exact) mass is 238 g/mol. The van der Waals surface area contributed by atoms with E-state index >= 15 is 0 Å². The summed E-state index contributed by atoms with van der Waals surface area (Å²) in [7, 11) is 0. The summed E-state index contributed by atoms with van der Waals surface area (Å²) in [4.78, 5) is 33.1. The van der Waals surface area contributed by atoms with E-state index in [1.165, 1.54) is 0 Å². The molecule has 0 saturated heterocycles. The summed E-state index contributed by atoms with van der Waals surface area (Å²) < 4.78 is 0. The van der Waals surface area contributed by atoms with Gasteiger partial charge >= 0.3 is 0 Å². The molecule has 0 bridgehead atoms. The van der Waals surface area contributed by atoms with Gasteiger partial charge in [0, 0.05) is 12.3 Å². The molecule has 17 heavy (non-hydrogen) atoms. The van der Waals surface area contributed by atoms with Crippen molar-refractivity contribution in [3.63, 3.8) is 0 Å². The molecule has 1 aliphatic carbocycles. The maximum atomic E-state index is 11.7. The van der Waals surface area contributed by atoms with Gasteiger partial charge in [-0.25, -0.2) is 0 Å². The summed E-state index contributed by atoms with van der Waals surface area (Å²) in [6, 6.07) is 0. The summed E-state index contributed by atoms with van der Waals surface area (Å²) in [5, 5.41) is 21.4. The molecule has 94 valence electrons. The molecule has 0 atom stereocenters. The van der Waals surface area contributed by atoms with Crippen molar-refractivity contribution in [3.05, 3.63) is 11.1 Å². The van der Waals surface area contributed by atoms with Crippen LogP contribution in [0.5, 0.6) is 0 Å². The number of aliphatic carboxylic acids is 2. The van der Waals surface area contributed by atoms with Crippen LogP contribution in [0.3, 0.4) is 0 Å². The third-order valence-electron chi connectivity index (χ3n) is 3.17. The van der Waals surface area contributed by atoms with Crippen LogP contribution >= 0.6 is 0 Å². The molecule has 1 rings (SSSR count). The topological polar surface area (TPSA) is 97.3 Å². The Labute approximate surface area is 99.1 Å². The highest BCUT2D eigenvalue weighted by Crippen LogP contribution is 2.27. The number of hydrogen-bond acceptors (Lipinski definition) is 5. The zero-order valence-electron chi connectivity index (χ0n) is 9.65. The fourth-order valence-electron chi connectivity index (χ4n) is 2.05. The minimum absolute atomic E-state index is 0.140. The smallest absolute Gasteiger partial charge is 0.140 e. The Balaban J connectivity index is 2.81. The molecule has 1 saturated carbocycles. The molecule has 0 aromatic carbocycles. The van der Waals surface area contributed by atoms with E-state index in [1.54, 1.807) is 0 Å². The van der Waals surface area contributed by atoms with E-state index in [0.717, 1.165) is 32.6 Å². The summed E-state index contributed by atoms with van der Waals surface area (Å²) in [6.07, 6.45) is 3.04. The Morgan fingerprint density at radius 3 is 2.00 bits per heavy atom. The van der Waals surface area contributed by atoms with E-state index in [0.29, 0.717) is 0 Å². The highest BCUT2D eigenvalue weighted by atomic mass is 16.4. The van der Waals surface area contributed by atoms with Crippen molar-refractivity contribution in [2.24, 2.45) is 5.92 Å². The predicted octanol–water partition coefficient (Wildman–Crippen LogP) is -1.05. The van der Waals surface area contributed by atoms with Crippen molar-refractivity contribution in [1.29, 1.82) is 0 Å². The van der Waals surface area contributed by atoms with E-state index in [9.17, 15) is 24.6 Å². The maximum absolute atomic E-state index is 11.7. The van der Waals surface area contributed by atoms with Crippen LogP contribution in [-0.4, -0.2) is 17.7 Å². The Hall–Kier alpha value is -1.65. The molecular weight excluding hydrogens is 224 g/mol. The number of rotatable bonds is 5. The van der Waals surface area contributed by atoms with Crippen molar-refractivity contribution >= 4 is 17.7 Å². The molecule has 0 heterocycles. The number of carbonyl (C=O) groups is 3. The van der Waals surface area contributed by atoms with Gasteiger partial charge in [-0.1, -0.05) is 12.8 Å².